The van der Waals surface area contributed by atoms with Gasteiger partial charge < -0.3 is 14.7 Å². The van der Waals surface area contributed by atoms with Crippen molar-refractivity contribution < 1.29 is 4.74 Å². The van der Waals surface area contributed by atoms with Crippen LogP contribution in [0.25, 0.3) is 6.08 Å². The van der Waals surface area contributed by atoms with Gasteiger partial charge in [-0.1, -0.05) is 6.92 Å². The molecule has 4 heteroatoms. The van der Waals surface area contributed by atoms with E-state index in [0.717, 1.165) is 40.9 Å². The van der Waals surface area contributed by atoms with Crippen molar-refractivity contribution in [3.05, 3.63) is 64.6 Å². The third-order valence-electron chi connectivity index (χ3n) is 4.62. The number of hydrogen-bond acceptors (Lipinski definition) is 2. The first-order valence-electron chi connectivity index (χ1n) is 8.14. The predicted octanol–water partition coefficient (Wildman–Crippen LogP) is 3.84. The number of aliphatic imine (C=N–C) groups is 1. The van der Waals surface area contributed by atoms with Crippen LogP contribution < -0.4 is 0 Å². The molecule has 23 heavy (non-hydrogen) atoms. The van der Waals surface area contributed by atoms with E-state index in [1.54, 1.807) is 7.11 Å². The first-order valence-corrected chi connectivity index (χ1v) is 8.14. The van der Waals surface area contributed by atoms with Crippen LogP contribution in [-0.4, -0.2) is 22.8 Å². The van der Waals surface area contributed by atoms with Crippen molar-refractivity contribution in [2.45, 2.75) is 26.2 Å². The number of ether oxygens (including phenoxy) is 1. The molecule has 0 fully saturated rings. The third-order valence-corrected chi connectivity index (χ3v) is 4.62. The predicted molar refractivity (Wildman–Crippen MR) is 92.4 cm³/mol. The molecule has 4 nitrogen and oxygen atoms in total. The fraction of sp³-hybridized carbons (Fsp3) is 0.316. The van der Waals surface area contributed by atoms with Crippen molar-refractivity contribution in [3.8, 4) is 0 Å². The molecule has 0 saturated heterocycles. The Balaban J connectivity index is 1.67. The van der Waals surface area contributed by atoms with Crippen molar-refractivity contribution in [3.63, 3.8) is 0 Å². The van der Waals surface area contributed by atoms with Gasteiger partial charge in [-0.3, -0.25) is 0 Å². The summed E-state index contributed by atoms with van der Waals surface area (Å²) in [5.74, 6) is 1.58. The zero-order chi connectivity index (χ0) is 15.8. The monoisotopic (exact) mass is 307 g/mol. The molecule has 3 heterocycles. The summed E-state index contributed by atoms with van der Waals surface area (Å²) in [4.78, 5) is 11.4. The standard InChI is InChI=1S/C19H21N3O/c1-12-5-6-15-13(8-12)9-14(21-15)10-18-19(23-2)11-17(22-18)16-4-3-7-20-16/h3-4,7,9-12,20-21H,5-6,8H2,1-2H3/b18-10+. The molecule has 1 aliphatic heterocycles. The molecule has 2 N–H and O–H groups in total. The van der Waals surface area contributed by atoms with E-state index in [4.69, 9.17) is 9.73 Å². The molecule has 4 rings (SSSR count). The van der Waals surface area contributed by atoms with E-state index in [-0.39, 0.29) is 0 Å². The number of aromatic amines is 2. The normalized spacial score (nSPS) is 22.0. The minimum Gasteiger partial charge on any atom is -0.494 e. The summed E-state index contributed by atoms with van der Waals surface area (Å²) in [6, 6.07) is 6.24. The lowest BCUT2D eigenvalue weighted by molar-refractivity contribution is 0.303. The number of fused-ring (bicyclic) bond motifs is 1. The highest BCUT2D eigenvalue weighted by Gasteiger charge is 2.20. The average molecular weight is 307 g/mol. The Kier molecular flexibility index (Phi) is 3.45. The second kappa shape index (κ2) is 5.61. The zero-order valence-electron chi connectivity index (χ0n) is 13.5. The van der Waals surface area contributed by atoms with Gasteiger partial charge in [0.15, 0.2) is 0 Å². The number of methoxy groups -OCH3 is 1. The molecule has 0 radical (unpaired) electrons. The molecule has 0 bridgehead atoms. The molecule has 118 valence electrons. The fourth-order valence-electron chi connectivity index (χ4n) is 3.37. The Hall–Kier alpha value is -2.49. The van der Waals surface area contributed by atoms with Gasteiger partial charge >= 0.3 is 0 Å². The summed E-state index contributed by atoms with van der Waals surface area (Å²) in [5.41, 5.74) is 6.71. The maximum Gasteiger partial charge on any atom is 0.146 e. The topological polar surface area (TPSA) is 53.2 Å². The highest BCUT2D eigenvalue weighted by molar-refractivity contribution is 6.11. The Morgan fingerprint density at radius 3 is 3.09 bits per heavy atom. The van der Waals surface area contributed by atoms with E-state index in [9.17, 15) is 0 Å². The van der Waals surface area contributed by atoms with Gasteiger partial charge in [-0.25, -0.2) is 4.99 Å². The second-order valence-electron chi connectivity index (χ2n) is 6.40. The number of aromatic nitrogens is 2. The molecule has 1 aliphatic carbocycles. The van der Waals surface area contributed by atoms with Gasteiger partial charge in [-0.15, -0.1) is 0 Å². The van der Waals surface area contributed by atoms with E-state index >= 15 is 0 Å². The van der Waals surface area contributed by atoms with E-state index in [0.29, 0.717) is 0 Å². The fourth-order valence-corrected chi connectivity index (χ4v) is 3.37. The van der Waals surface area contributed by atoms with Crippen molar-refractivity contribution in [2.75, 3.05) is 7.11 Å². The van der Waals surface area contributed by atoms with Crippen LogP contribution in [0.3, 0.4) is 0 Å². The summed E-state index contributed by atoms with van der Waals surface area (Å²) in [5, 5.41) is 0. The Bertz CT molecular complexity index is 806. The zero-order valence-corrected chi connectivity index (χ0v) is 13.5. The van der Waals surface area contributed by atoms with Crippen LogP contribution in [-0.2, 0) is 17.6 Å². The Morgan fingerprint density at radius 1 is 1.39 bits per heavy atom. The number of aryl methyl sites for hydroxylation is 1. The van der Waals surface area contributed by atoms with E-state index in [1.165, 1.54) is 24.1 Å². The van der Waals surface area contributed by atoms with Crippen molar-refractivity contribution in [2.24, 2.45) is 10.9 Å². The number of rotatable bonds is 3. The summed E-state index contributed by atoms with van der Waals surface area (Å²) >= 11 is 0. The largest absolute Gasteiger partial charge is 0.494 e. The van der Waals surface area contributed by atoms with Gasteiger partial charge in [0, 0.05) is 23.7 Å². The molecule has 2 aromatic rings. The van der Waals surface area contributed by atoms with E-state index < -0.39 is 0 Å². The maximum atomic E-state index is 5.49. The smallest absolute Gasteiger partial charge is 0.146 e. The van der Waals surface area contributed by atoms with Crippen LogP contribution >= 0.6 is 0 Å². The highest BCUT2D eigenvalue weighted by atomic mass is 16.5. The van der Waals surface area contributed by atoms with Crippen LogP contribution in [0.2, 0.25) is 0 Å². The lowest BCUT2D eigenvalue weighted by Gasteiger charge is -2.17. The molecule has 0 saturated carbocycles. The molecule has 1 unspecified atom stereocenters. The molecular formula is C19H21N3O. The minimum absolute atomic E-state index is 0.775. The van der Waals surface area contributed by atoms with Gasteiger partial charge in [0.25, 0.3) is 0 Å². The number of nitrogens with one attached hydrogen (secondary N) is 2. The number of nitrogens with zero attached hydrogens (tertiary/aromatic N) is 1. The third kappa shape index (κ3) is 2.65. The van der Waals surface area contributed by atoms with Crippen molar-refractivity contribution in [1.29, 1.82) is 0 Å². The number of hydrogen-bond donors (Lipinski definition) is 2. The van der Waals surface area contributed by atoms with Crippen LogP contribution in [0.1, 0.15) is 36.0 Å². The number of H-pyrrole nitrogens is 2. The van der Waals surface area contributed by atoms with Crippen LogP contribution in [0.5, 0.6) is 0 Å². The summed E-state index contributed by atoms with van der Waals surface area (Å²) in [6.45, 7) is 2.32. The van der Waals surface area contributed by atoms with Crippen LogP contribution in [0.15, 0.2) is 46.9 Å². The summed E-state index contributed by atoms with van der Waals surface area (Å²) < 4.78 is 5.49. The first-order chi connectivity index (χ1) is 11.2. The minimum atomic E-state index is 0.775. The SMILES string of the molecule is COC1=CC(c2ccc[nH]2)=N/C1=C/c1cc2c([nH]1)CCC(C)C2. The van der Waals surface area contributed by atoms with Gasteiger partial charge in [0.1, 0.15) is 11.5 Å². The molecular weight excluding hydrogens is 286 g/mol. The van der Waals surface area contributed by atoms with Crippen LogP contribution in [0.4, 0.5) is 0 Å². The maximum absolute atomic E-state index is 5.49. The molecule has 1 atom stereocenters. The Morgan fingerprint density at radius 2 is 2.30 bits per heavy atom. The lowest BCUT2D eigenvalue weighted by Crippen LogP contribution is -2.09. The van der Waals surface area contributed by atoms with Gasteiger partial charge in [-0.2, -0.15) is 0 Å². The van der Waals surface area contributed by atoms with Gasteiger partial charge in [-0.05, 0) is 55.0 Å². The van der Waals surface area contributed by atoms with Crippen LogP contribution in [0, 0.1) is 5.92 Å². The molecule has 0 aromatic carbocycles. The Labute approximate surface area is 136 Å². The van der Waals surface area contributed by atoms with Crippen molar-refractivity contribution >= 4 is 11.8 Å². The van der Waals surface area contributed by atoms with Gasteiger partial charge in [0.05, 0.1) is 18.5 Å². The quantitative estimate of drug-likeness (QED) is 0.889. The number of allylic oxidation sites excluding steroid dienone is 1. The van der Waals surface area contributed by atoms with Crippen molar-refractivity contribution in [1.82, 2.24) is 9.97 Å². The summed E-state index contributed by atoms with van der Waals surface area (Å²) in [7, 11) is 1.69. The average Bonchev–Trinajstić information content (AvgIpc) is 3.25. The molecule has 2 aliphatic rings. The van der Waals surface area contributed by atoms with Gasteiger partial charge in [0.2, 0.25) is 0 Å². The van der Waals surface area contributed by atoms with E-state index in [2.05, 4.69) is 29.0 Å². The summed E-state index contributed by atoms with van der Waals surface area (Å²) in [6.07, 6.45) is 9.53. The van der Waals surface area contributed by atoms with E-state index in [1.807, 2.05) is 24.4 Å². The lowest BCUT2D eigenvalue weighted by atomic mass is 9.89. The first kappa shape index (κ1) is 14.1. The molecule has 0 amide bonds. The molecule has 0 spiro atoms. The highest BCUT2D eigenvalue weighted by Crippen LogP contribution is 2.29. The second-order valence-corrected chi connectivity index (χ2v) is 6.40. The molecule has 2 aromatic heterocycles.